The van der Waals surface area contributed by atoms with Crippen molar-refractivity contribution in [1.29, 1.82) is 0 Å². The van der Waals surface area contributed by atoms with Gasteiger partial charge in [0.25, 0.3) is 5.91 Å². The molecule has 4 heterocycles. The average molecular weight is 341 g/mol. The molecule has 2 aliphatic heterocycles. The van der Waals surface area contributed by atoms with Gasteiger partial charge >= 0.3 is 0 Å². The molecule has 132 valence electrons. The van der Waals surface area contributed by atoms with Gasteiger partial charge in [0.2, 0.25) is 5.91 Å². The van der Waals surface area contributed by atoms with Crippen LogP contribution in [0.1, 0.15) is 50.0 Å². The Hall–Kier alpha value is -2.44. The van der Waals surface area contributed by atoms with Crippen molar-refractivity contribution in [2.75, 3.05) is 13.1 Å². The van der Waals surface area contributed by atoms with Gasteiger partial charge in [-0.3, -0.25) is 9.59 Å². The lowest BCUT2D eigenvalue weighted by Crippen LogP contribution is -2.62. The number of fused-ring (bicyclic) bond motifs is 1. The van der Waals surface area contributed by atoms with Crippen LogP contribution in [-0.2, 0) is 4.79 Å². The number of rotatable bonds is 2. The largest absolute Gasteiger partial charge is 0.338 e. The minimum absolute atomic E-state index is 0.0985. The summed E-state index contributed by atoms with van der Waals surface area (Å²) >= 11 is 0. The van der Waals surface area contributed by atoms with Crippen LogP contribution < -0.4 is 0 Å². The molecule has 0 radical (unpaired) electrons. The van der Waals surface area contributed by atoms with Gasteiger partial charge in [-0.05, 0) is 51.7 Å². The summed E-state index contributed by atoms with van der Waals surface area (Å²) in [4.78, 5) is 34.5. The number of carbonyl (C=O) groups is 2. The van der Waals surface area contributed by atoms with Crippen LogP contribution in [0.25, 0.3) is 5.65 Å². The van der Waals surface area contributed by atoms with Crippen LogP contribution in [0, 0.1) is 0 Å². The van der Waals surface area contributed by atoms with Gasteiger partial charge in [0.1, 0.15) is 5.54 Å². The first-order valence-electron chi connectivity index (χ1n) is 8.96. The second kappa shape index (κ2) is 5.82. The van der Waals surface area contributed by atoms with Crippen LogP contribution in [-0.4, -0.2) is 60.9 Å². The van der Waals surface area contributed by atoms with Crippen molar-refractivity contribution in [3.05, 3.63) is 30.2 Å². The van der Waals surface area contributed by atoms with E-state index < -0.39 is 5.54 Å². The van der Waals surface area contributed by atoms with Crippen LogP contribution in [0.4, 0.5) is 0 Å². The van der Waals surface area contributed by atoms with Gasteiger partial charge in [-0.1, -0.05) is 0 Å². The molecule has 1 spiro atoms. The Kier molecular flexibility index (Phi) is 3.74. The molecule has 1 atom stereocenters. The highest BCUT2D eigenvalue weighted by molar-refractivity contribution is 5.99. The molecule has 2 saturated heterocycles. The number of piperidine rings is 1. The predicted molar refractivity (Wildman–Crippen MR) is 92.1 cm³/mol. The molecule has 2 amide bonds. The summed E-state index contributed by atoms with van der Waals surface area (Å²) in [7, 11) is 0. The molecule has 0 aliphatic carbocycles. The molecule has 2 aromatic rings. The lowest BCUT2D eigenvalue weighted by Gasteiger charge is -2.45. The van der Waals surface area contributed by atoms with E-state index >= 15 is 0 Å². The molecular formula is C18H23N5O2. The van der Waals surface area contributed by atoms with Crippen LogP contribution in [0.15, 0.2) is 24.5 Å². The molecular weight excluding hydrogens is 318 g/mol. The number of nitrogens with zero attached hydrogens (tertiary/aromatic N) is 5. The van der Waals surface area contributed by atoms with Crippen molar-refractivity contribution in [2.24, 2.45) is 0 Å². The van der Waals surface area contributed by atoms with Gasteiger partial charge in [0.05, 0.1) is 6.20 Å². The summed E-state index contributed by atoms with van der Waals surface area (Å²) in [5.74, 6) is -0.0518. The van der Waals surface area contributed by atoms with Gasteiger partial charge in [0, 0.05) is 25.3 Å². The highest BCUT2D eigenvalue weighted by Gasteiger charge is 2.53. The summed E-state index contributed by atoms with van der Waals surface area (Å²) in [5.41, 5.74) is 0.364. The van der Waals surface area contributed by atoms with Crippen molar-refractivity contribution < 1.29 is 9.59 Å². The summed E-state index contributed by atoms with van der Waals surface area (Å²) in [6.45, 7) is 5.45. The van der Waals surface area contributed by atoms with E-state index in [-0.39, 0.29) is 17.9 Å². The molecule has 25 heavy (non-hydrogen) atoms. The molecule has 2 fully saturated rings. The van der Waals surface area contributed by atoms with Crippen molar-refractivity contribution in [3.63, 3.8) is 0 Å². The summed E-state index contributed by atoms with van der Waals surface area (Å²) in [5, 5.41) is 4.24. The van der Waals surface area contributed by atoms with Gasteiger partial charge in [-0.25, -0.2) is 9.50 Å². The molecule has 1 unspecified atom stereocenters. The van der Waals surface area contributed by atoms with Gasteiger partial charge in [-0.2, -0.15) is 5.10 Å². The third-order valence-corrected chi connectivity index (χ3v) is 5.50. The third kappa shape index (κ3) is 2.33. The molecule has 4 rings (SSSR count). The van der Waals surface area contributed by atoms with Crippen LogP contribution in [0.5, 0.6) is 0 Å². The first kappa shape index (κ1) is 16.1. The number of amides is 2. The predicted octanol–water partition coefficient (Wildman–Crippen LogP) is 1.73. The maximum atomic E-state index is 13.3. The van der Waals surface area contributed by atoms with E-state index in [1.54, 1.807) is 27.9 Å². The average Bonchev–Trinajstić information content (AvgIpc) is 3.21. The van der Waals surface area contributed by atoms with Gasteiger partial charge in [0.15, 0.2) is 11.3 Å². The molecule has 0 saturated carbocycles. The SMILES string of the molecule is CC(C)N1CCCC2(CCCN2C(=O)c2cnc3cccnn23)C1=O. The summed E-state index contributed by atoms with van der Waals surface area (Å²) in [6, 6.07) is 3.76. The quantitative estimate of drug-likeness (QED) is 0.834. The number of hydrogen-bond donors (Lipinski definition) is 0. The zero-order valence-electron chi connectivity index (χ0n) is 14.7. The maximum Gasteiger partial charge on any atom is 0.275 e. The number of likely N-dealkylation sites (tertiary alicyclic amines) is 2. The molecule has 0 N–H and O–H groups in total. The van der Waals surface area contributed by atoms with E-state index in [2.05, 4.69) is 10.1 Å². The Morgan fingerprint density at radius 3 is 2.76 bits per heavy atom. The van der Waals surface area contributed by atoms with E-state index in [1.165, 1.54) is 0 Å². The Bertz CT molecular complexity index is 830. The molecule has 0 bridgehead atoms. The number of hydrogen-bond acceptors (Lipinski definition) is 4. The van der Waals surface area contributed by atoms with Crippen molar-refractivity contribution in [3.8, 4) is 0 Å². The highest BCUT2D eigenvalue weighted by atomic mass is 16.2. The highest BCUT2D eigenvalue weighted by Crippen LogP contribution is 2.39. The fraction of sp³-hybridized carbons (Fsp3) is 0.556. The van der Waals surface area contributed by atoms with Gasteiger partial charge < -0.3 is 9.80 Å². The number of imidazole rings is 1. The maximum absolute atomic E-state index is 13.3. The van der Waals surface area contributed by atoms with E-state index in [9.17, 15) is 9.59 Å². The Balaban J connectivity index is 1.72. The minimum Gasteiger partial charge on any atom is -0.338 e. The summed E-state index contributed by atoms with van der Waals surface area (Å²) in [6.07, 6.45) is 6.46. The smallest absolute Gasteiger partial charge is 0.275 e. The number of aromatic nitrogens is 3. The van der Waals surface area contributed by atoms with Crippen LogP contribution >= 0.6 is 0 Å². The zero-order valence-corrected chi connectivity index (χ0v) is 14.7. The molecule has 7 nitrogen and oxygen atoms in total. The summed E-state index contributed by atoms with van der Waals surface area (Å²) < 4.78 is 1.56. The number of carbonyl (C=O) groups excluding carboxylic acids is 2. The molecule has 2 aromatic heterocycles. The topological polar surface area (TPSA) is 70.8 Å². The van der Waals surface area contributed by atoms with Gasteiger partial charge in [-0.15, -0.1) is 0 Å². The molecule has 7 heteroatoms. The molecule has 2 aliphatic rings. The Morgan fingerprint density at radius 1 is 1.24 bits per heavy atom. The van der Waals surface area contributed by atoms with Crippen LogP contribution in [0.3, 0.4) is 0 Å². The van der Waals surface area contributed by atoms with Crippen LogP contribution in [0.2, 0.25) is 0 Å². The van der Waals surface area contributed by atoms with Crippen molar-refractivity contribution >= 4 is 17.5 Å². The fourth-order valence-electron chi connectivity index (χ4n) is 4.28. The first-order chi connectivity index (χ1) is 12.0. The monoisotopic (exact) mass is 341 g/mol. The molecule has 0 aromatic carbocycles. The van der Waals surface area contributed by atoms with E-state index in [4.69, 9.17) is 0 Å². The van der Waals surface area contributed by atoms with Crippen molar-refractivity contribution in [1.82, 2.24) is 24.4 Å². The minimum atomic E-state index is -0.696. The fourth-order valence-corrected chi connectivity index (χ4v) is 4.28. The van der Waals surface area contributed by atoms with Crippen molar-refractivity contribution in [2.45, 2.75) is 51.1 Å². The van der Waals surface area contributed by atoms with E-state index in [1.807, 2.05) is 24.8 Å². The normalized spacial score (nSPS) is 24.0. The Morgan fingerprint density at radius 2 is 2.00 bits per heavy atom. The lowest BCUT2D eigenvalue weighted by atomic mass is 9.84. The lowest BCUT2D eigenvalue weighted by molar-refractivity contribution is -0.147. The first-order valence-corrected chi connectivity index (χ1v) is 8.96. The standard InChI is InChI=1S/C18H23N5O2/c1-13(2)21-10-4-7-18(17(21)25)8-5-11-22(18)16(24)14-12-19-15-6-3-9-20-23(14)15/h3,6,9,12-13H,4-5,7-8,10-11H2,1-2H3. The second-order valence-electron chi connectivity index (χ2n) is 7.22. The third-order valence-electron chi connectivity index (χ3n) is 5.50. The zero-order chi connectivity index (χ0) is 17.6. The Labute approximate surface area is 146 Å². The van der Waals surface area contributed by atoms with E-state index in [0.29, 0.717) is 17.9 Å². The van der Waals surface area contributed by atoms with E-state index in [0.717, 1.165) is 32.2 Å². The second-order valence-corrected chi connectivity index (χ2v) is 7.22.